The van der Waals surface area contributed by atoms with Crippen LogP contribution in [0, 0.1) is 0 Å². The minimum absolute atomic E-state index is 0.109. The minimum Gasteiger partial charge on any atom is -0.399 e. The lowest BCUT2D eigenvalue weighted by Crippen LogP contribution is -2.54. The molecule has 5 nitrogen and oxygen atoms in total. The second-order valence-electron chi connectivity index (χ2n) is 5.86. The third-order valence-corrected chi connectivity index (χ3v) is 4.19. The van der Waals surface area contributed by atoms with E-state index < -0.39 is 0 Å². The van der Waals surface area contributed by atoms with Crippen LogP contribution >= 0.6 is 0 Å². The molecule has 114 valence electrons. The van der Waals surface area contributed by atoms with Crippen LogP contribution in [0.4, 0.5) is 5.69 Å². The number of benzene rings is 1. The van der Waals surface area contributed by atoms with Gasteiger partial charge in [-0.05, 0) is 30.9 Å². The van der Waals surface area contributed by atoms with Crippen molar-refractivity contribution in [3.05, 3.63) is 29.8 Å². The number of nitrogens with zero attached hydrogens (tertiary/aromatic N) is 1. The summed E-state index contributed by atoms with van der Waals surface area (Å²) >= 11 is 0. The molecule has 0 aromatic heterocycles. The molecule has 1 atom stereocenters. The Bertz CT molecular complexity index is 502. The van der Waals surface area contributed by atoms with Gasteiger partial charge in [-0.15, -0.1) is 0 Å². The zero-order chi connectivity index (χ0) is 14.7. The third-order valence-electron chi connectivity index (χ3n) is 4.19. The van der Waals surface area contributed by atoms with Gasteiger partial charge in [-0.2, -0.15) is 0 Å². The van der Waals surface area contributed by atoms with Gasteiger partial charge in [-0.3, -0.25) is 9.69 Å². The van der Waals surface area contributed by atoms with E-state index in [0.717, 1.165) is 43.6 Å². The molecule has 1 amide bonds. The number of ether oxygens (including phenoxy) is 1. The molecule has 1 aliphatic carbocycles. The number of carbonyl (C=O) groups excluding carboxylic acids is 1. The molecule has 21 heavy (non-hydrogen) atoms. The molecule has 3 rings (SSSR count). The quantitative estimate of drug-likeness (QED) is 0.787. The van der Waals surface area contributed by atoms with Crippen LogP contribution < -0.4 is 11.1 Å². The first-order chi connectivity index (χ1) is 10.2. The summed E-state index contributed by atoms with van der Waals surface area (Å²) in [6, 6.07) is 8.15. The van der Waals surface area contributed by atoms with Gasteiger partial charge in [0.15, 0.2) is 0 Å². The topological polar surface area (TPSA) is 67.6 Å². The van der Waals surface area contributed by atoms with Crippen molar-refractivity contribution >= 4 is 11.6 Å². The number of morpholine rings is 1. The third kappa shape index (κ3) is 3.74. The summed E-state index contributed by atoms with van der Waals surface area (Å²) in [5, 5.41) is 3.08. The summed E-state index contributed by atoms with van der Waals surface area (Å²) in [4.78, 5) is 14.5. The Labute approximate surface area is 125 Å². The normalized spacial score (nSPS) is 23.0. The first-order valence-electron chi connectivity index (χ1n) is 7.69. The summed E-state index contributed by atoms with van der Waals surface area (Å²) in [6.07, 6.45) is 3.08. The van der Waals surface area contributed by atoms with Crippen molar-refractivity contribution in [2.24, 2.45) is 0 Å². The van der Waals surface area contributed by atoms with E-state index in [1.54, 1.807) is 0 Å². The summed E-state index contributed by atoms with van der Waals surface area (Å²) in [5.41, 5.74) is 7.95. The van der Waals surface area contributed by atoms with Crippen molar-refractivity contribution in [2.75, 3.05) is 32.0 Å². The molecular weight excluding hydrogens is 266 g/mol. The van der Waals surface area contributed by atoms with E-state index in [9.17, 15) is 4.79 Å². The predicted octanol–water partition coefficient (Wildman–Crippen LogP) is 0.791. The highest BCUT2D eigenvalue weighted by Gasteiger charge is 2.32. The fraction of sp³-hybridized carbons (Fsp3) is 0.562. The molecule has 1 aromatic carbocycles. The Morgan fingerprint density at radius 3 is 2.95 bits per heavy atom. The fourth-order valence-corrected chi connectivity index (χ4v) is 2.70. The Morgan fingerprint density at radius 2 is 2.19 bits per heavy atom. The molecule has 3 N–H and O–H groups in total. The number of carbonyl (C=O) groups is 1. The molecule has 1 saturated carbocycles. The monoisotopic (exact) mass is 289 g/mol. The molecule has 5 heteroatoms. The Balaban J connectivity index is 1.58. The van der Waals surface area contributed by atoms with E-state index in [1.165, 1.54) is 0 Å². The largest absolute Gasteiger partial charge is 0.399 e. The van der Waals surface area contributed by atoms with E-state index in [-0.39, 0.29) is 11.9 Å². The van der Waals surface area contributed by atoms with Crippen molar-refractivity contribution in [3.63, 3.8) is 0 Å². The molecule has 1 saturated heterocycles. The first kappa shape index (κ1) is 14.4. The number of nitrogen functional groups attached to an aromatic ring is 1. The molecule has 1 aromatic rings. The lowest BCUT2D eigenvalue weighted by molar-refractivity contribution is -0.132. The second-order valence-corrected chi connectivity index (χ2v) is 5.86. The molecule has 1 aliphatic heterocycles. The Hall–Kier alpha value is -1.59. The first-order valence-corrected chi connectivity index (χ1v) is 7.69. The molecule has 1 heterocycles. The van der Waals surface area contributed by atoms with Crippen LogP contribution in [-0.2, 0) is 16.0 Å². The van der Waals surface area contributed by atoms with Gasteiger partial charge in [0.25, 0.3) is 0 Å². The van der Waals surface area contributed by atoms with E-state index in [0.29, 0.717) is 19.3 Å². The number of hydrogen-bond acceptors (Lipinski definition) is 4. The molecule has 2 fully saturated rings. The fourth-order valence-electron chi connectivity index (χ4n) is 2.70. The highest BCUT2D eigenvalue weighted by Crippen LogP contribution is 2.20. The zero-order valence-electron chi connectivity index (χ0n) is 12.3. The van der Waals surface area contributed by atoms with Crippen LogP contribution in [0.3, 0.4) is 0 Å². The average Bonchev–Trinajstić information content (AvgIpc) is 3.31. The van der Waals surface area contributed by atoms with E-state index in [1.807, 2.05) is 18.2 Å². The smallest absolute Gasteiger partial charge is 0.239 e. The summed E-state index contributed by atoms with van der Waals surface area (Å²) in [7, 11) is 0. The number of nitrogens with two attached hydrogens (primary N) is 1. The Morgan fingerprint density at radius 1 is 1.38 bits per heavy atom. The van der Waals surface area contributed by atoms with Crippen LogP contribution in [0.2, 0.25) is 0 Å². The van der Waals surface area contributed by atoms with Crippen molar-refractivity contribution in [2.45, 2.75) is 31.3 Å². The summed E-state index contributed by atoms with van der Waals surface area (Å²) in [6.45, 7) is 2.82. The number of anilines is 1. The highest BCUT2D eigenvalue weighted by molar-refractivity contribution is 5.82. The maximum atomic E-state index is 12.3. The lowest BCUT2D eigenvalue weighted by Gasteiger charge is -2.34. The average molecular weight is 289 g/mol. The molecule has 0 radical (unpaired) electrons. The molecule has 1 unspecified atom stereocenters. The van der Waals surface area contributed by atoms with Crippen LogP contribution in [-0.4, -0.2) is 49.2 Å². The van der Waals surface area contributed by atoms with E-state index >= 15 is 0 Å². The molecule has 0 spiro atoms. The van der Waals surface area contributed by atoms with Crippen molar-refractivity contribution in [3.8, 4) is 0 Å². The summed E-state index contributed by atoms with van der Waals surface area (Å²) < 4.78 is 5.48. The van der Waals surface area contributed by atoms with E-state index in [2.05, 4.69) is 16.3 Å². The van der Waals surface area contributed by atoms with Gasteiger partial charge in [-0.1, -0.05) is 18.2 Å². The van der Waals surface area contributed by atoms with Gasteiger partial charge in [-0.25, -0.2) is 0 Å². The molecular formula is C16H23N3O2. The summed E-state index contributed by atoms with van der Waals surface area (Å²) in [5.74, 6) is 0.109. The maximum absolute atomic E-state index is 12.3. The maximum Gasteiger partial charge on any atom is 0.239 e. The van der Waals surface area contributed by atoms with E-state index in [4.69, 9.17) is 10.5 Å². The van der Waals surface area contributed by atoms with Gasteiger partial charge in [0.05, 0.1) is 13.2 Å². The van der Waals surface area contributed by atoms with Crippen LogP contribution in [0.15, 0.2) is 24.3 Å². The number of hydrogen-bond donors (Lipinski definition) is 2. The van der Waals surface area contributed by atoms with Gasteiger partial charge >= 0.3 is 0 Å². The SMILES string of the molecule is Nc1ccccc1CCN1CCOCC1C(=O)NC1CC1. The van der Waals surface area contributed by atoms with Gasteiger partial charge < -0.3 is 15.8 Å². The zero-order valence-corrected chi connectivity index (χ0v) is 12.3. The lowest BCUT2D eigenvalue weighted by atomic mass is 10.1. The number of amides is 1. The van der Waals surface area contributed by atoms with Crippen LogP contribution in [0.1, 0.15) is 18.4 Å². The highest BCUT2D eigenvalue weighted by atomic mass is 16.5. The second kappa shape index (κ2) is 6.45. The molecule has 2 aliphatic rings. The van der Waals surface area contributed by atoms with Gasteiger partial charge in [0.1, 0.15) is 6.04 Å². The van der Waals surface area contributed by atoms with Crippen molar-refractivity contribution in [1.82, 2.24) is 10.2 Å². The molecule has 0 bridgehead atoms. The van der Waals surface area contributed by atoms with Crippen LogP contribution in [0.25, 0.3) is 0 Å². The number of para-hydroxylation sites is 1. The standard InChI is InChI=1S/C16H23N3O2/c17-14-4-2-1-3-12(14)7-8-19-9-10-21-11-15(19)16(20)18-13-5-6-13/h1-4,13,15H,5-11,17H2,(H,18,20). The van der Waals surface area contributed by atoms with Crippen LogP contribution in [0.5, 0.6) is 0 Å². The van der Waals surface area contributed by atoms with Gasteiger partial charge in [0.2, 0.25) is 5.91 Å². The Kier molecular flexibility index (Phi) is 4.41. The minimum atomic E-state index is -0.163. The number of rotatable bonds is 5. The number of nitrogens with one attached hydrogen (secondary N) is 1. The van der Waals surface area contributed by atoms with Crippen molar-refractivity contribution in [1.29, 1.82) is 0 Å². The van der Waals surface area contributed by atoms with Gasteiger partial charge in [0, 0.05) is 24.8 Å². The predicted molar refractivity (Wildman–Crippen MR) is 81.9 cm³/mol. The van der Waals surface area contributed by atoms with Crippen molar-refractivity contribution < 1.29 is 9.53 Å².